The normalized spacial score (nSPS) is 21.2. The Hall–Kier alpha value is -2.19. The monoisotopic (exact) mass is 374 g/mol. The molecule has 1 atom stereocenters. The summed E-state index contributed by atoms with van der Waals surface area (Å²) in [7, 11) is -3.60. The highest BCUT2D eigenvalue weighted by Gasteiger charge is 2.36. The van der Waals surface area contributed by atoms with Gasteiger partial charge in [0.15, 0.2) is 0 Å². The second-order valence-electron chi connectivity index (χ2n) is 6.93. The average Bonchev–Trinajstić information content (AvgIpc) is 3.24. The molecule has 2 aromatic rings. The van der Waals surface area contributed by atoms with Crippen LogP contribution in [0.4, 0.5) is 0 Å². The van der Waals surface area contributed by atoms with Gasteiger partial charge in [0, 0.05) is 32.3 Å². The number of fused-ring (bicyclic) bond motifs is 1. The lowest BCUT2D eigenvalue weighted by atomic mass is 10.2. The Kier molecular flexibility index (Phi) is 4.32. The molecule has 26 heavy (non-hydrogen) atoms. The van der Waals surface area contributed by atoms with Crippen LogP contribution in [0.1, 0.15) is 30.1 Å². The number of amides is 1. The number of hydrogen-bond donors (Lipinski definition) is 0. The molecule has 1 unspecified atom stereocenters. The Morgan fingerprint density at radius 1 is 1.23 bits per heavy atom. The van der Waals surface area contributed by atoms with Crippen LogP contribution in [0.25, 0.3) is 0 Å². The molecule has 2 aliphatic rings. The molecule has 0 aliphatic carbocycles. The molecule has 1 aromatic heterocycles. The van der Waals surface area contributed by atoms with E-state index < -0.39 is 10.0 Å². The summed E-state index contributed by atoms with van der Waals surface area (Å²) in [4.78, 5) is 14.2. The van der Waals surface area contributed by atoms with E-state index in [1.807, 2.05) is 34.7 Å². The fourth-order valence-corrected chi connectivity index (χ4v) is 5.48. The Morgan fingerprint density at radius 3 is 2.77 bits per heavy atom. The first-order valence-electron chi connectivity index (χ1n) is 8.83. The average molecular weight is 374 g/mol. The third kappa shape index (κ3) is 2.93. The molecule has 1 aromatic carbocycles. The largest absolute Gasteiger partial charge is 0.340 e. The lowest BCUT2D eigenvalue weighted by Crippen LogP contribution is -2.45. The van der Waals surface area contributed by atoms with Gasteiger partial charge in [0.2, 0.25) is 15.9 Å². The minimum atomic E-state index is -3.60. The van der Waals surface area contributed by atoms with Gasteiger partial charge in [0.25, 0.3) is 0 Å². The fraction of sp³-hybridized carbons (Fsp3) is 0.444. The highest BCUT2D eigenvalue weighted by Crippen LogP contribution is 2.29. The van der Waals surface area contributed by atoms with Gasteiger partial charge in [-0.1, -0.05) is 18.2 Å². The maximum Gasteiger partial charge on any atom is 0.243 e. The highest BCUT2D eigenvalue weighted by molar-refractivity contribution is 7.89. The van der Waals surface area contributed by atoms with Gasteiger partial charge in [-0.2, -0.15) is 9.40 Å². The van der Waals surface area contributed by atoms with Crippen molar-refractivity contribution in [2.45, 2.75) is 37.2 Å². The van der Waals surface area contributed by atoms with Crippen molar-refractivity contribution in [2.75, 3.05) is 19.6 Å². The first-order valence-corrected chi connectivity index (χ1v) is 10.3. The molecule has 1 amide bonds. The molecule has 8 heteroatoms. The fourth-order valence-electron chi connectivity index (χ4n) is 3.81. The van der Waals surface area contributed by atoms with E-state index in [4.69, 9.17) is 0 Å². The van der Waals surface area contributed by atoms with E-state index in [0.717, 1.165) is 24.2 Å². The van der Waals surface area contributed by atoms with Crippen LogP contribution in [0.15, 0.2) is 41.4 Å². The number of carbonyl (C=O) groups excluding carboxylic acids is 1. The van der Waals surface area contributed by atoms with Crippen LogP contribution >= 0.6 is 0 Å². The van der Waals surface area contributed by atoms with Crippen LogP contribution in [-0.4, -0.2) is 52.9 Å². The van der Waals surface area contributed by atoms with Crippen LogP contribution in [0.5, 0.6) is 0 Å². The van der Waals surface area contributed by atoms with Crippen LogP contribution in [-0.2, 0) is 21.4 Å². The number of sulfonamides is 1. The van der Waals surface area contributed by atoms with Gasteiger partial charge < -0.3 is 4.90 Å². The van der Waals surface area contributed by atoms with E-state index in [9.17, 15) is 13.2 Å². The van der Waals surface area contributed by atoms with Gasteiger partial charge in [-0.15, -0.1) is 0 Å². The van der Waals surface area contributed by atoms with Gasteiger partial charge in [0.1, 0.15) is 0 Å². The summed E-state index contributed by atoms with van der Waals surface area (Å²) in [6.07, 6.45) is 3.13. The predicted molar refractivity (Wildman–Crippen MR) is 95.9 cm³/mol. The van der Waals surface area contributed by atoms with E-state index in [1.54, 1.807) is 18.3 Å². The van der Waals surface area contributed by atoms with Crippen LogP contribution < -0.4 is 0 Å². The summed E-state index contributed by atoms with van der Waals surface area (Å²) in [5.41, 5.74) is 1.59. The zero-order chi connectivity index (χ0) is 18.3. The summed E-state index contributed by atoms with van der Waals surface area (Å²) in [5, 5.41) is 4.37. The minimum absolute atomic E-state index is 0.137. The molecular weight excluding hydrogens is 352 g/mol. The van der Waals surface area contributed by atoms with Crippen LogP contribution in [0.2, 0.25) is 0 Å². The number of nitrogens with zero attached hydrogens (tertiary/aromatic N) is 4. The molecule has 0 spiro atoms. The van der Waals surface area contributed by atoms with E-state index in [0.29, 0.717) is 31.0 Å². The summed E-state index contributed by atoms with van der Waals surface area (Å²) >= 11 is 0. The minimum Gasteiger partial charge on any atom is -0.340 e. The van der Waals surface area contributed by atoms with Crippen molar-refractivity contribution in [2.24, 2.45) is 0 Å². The van der Waals surface area contributed by atoms with Crippen molar-refractivity contribution < 1.29 is 13.2 Å². The Bertz CT molecular complexity index is 937. The standard InChI is InChI=1S/C18H22N4O3S/c1-14-5-2-3-6-17(14)26(24,25)21-12-15-8-9-19-22(15)16(13-21)11-20-10-4-7-18(20)23/h2-3,5-6,8-9,16H,4,7,10-13H2,1H3. The summed E-state index contributed by atoms with van der Waals surface area (Å²) in [5.74, 6) is 0.137. The summed E-state index contributed by atoms with van der Waals surface area (Å²) in [6, 6.07) is 8.71. The van der Waals surface area contributed by atoms with E-state index in [-0.39, 0.29) is 11.9 Å². The molecule has 4 rings (SSSR count). The van der Waals surface area contributed by atoms with Gasteiger partial charge in [0.05, 0.1) is 23.2 Å². The quantitative estimate of drug-likeness (QED) is 0.814. The molecule has 7 nitrogen and oxygen atoms in total. The molecular formula is C18H22N4O3S. The van der Waals surface area contributed by atoms with Gasteiger partial charge in [-0.25, -0.2) is 8.42 Å². The number of hydrogen-bond acceptors (Lipinski definition) is 4. The van der Waals surface area contributed by atoms with Crippen molar-refractivity contribution in [3.05, 3.63) is 47.8 Å². The number of aryl methyl sites for hydroxylation is 1. The highest BCUT2D eigenvalue weighted by atomic mass is 32.2. The predicted octanol–water partition coefficient (Wildman–Crippen LogP) is 1.56. The Balaban J connectivity index is 1.65. The van der Waals surface area contributed by atoms with Crippen molar-refractivity contribution in [3.8, 4) is 0 Å². The molecule has 138 valence electrons. The molecule has 3 heterocycles. The molecule has 1 fully saturated rings. The molecule has 0 radical (unpaired) electrons. The number of likely N-dealkylation sites (tertiary alicyclic amines) is 1. The van der Waals surface area contributed by atoms with Crippen molar-refractivity contribution in [1.82, 2.24) is 19.0 Å². The maximum absolute atomic E-state index is 13.2. The lowest BCUT2D eigenvalue weighted by Gasteiger charge is -2.35. The van der Waals surface area contributed by atoms with Crippen LogP contribution in [0, 0.1) is 6.92 Å². The second kappa shape index (κ2) is 6.51. The Labute approximate surface area is 153 Å². The molecule has 2 aliphatic heterocycles. The van der Waals surface area contributed by atoms with E-state index in [1.165, 1.54) is 4.31 Å². The number of aromatic nitrogens is 2. The summed E-state index contributed by atoms with van der Waals surface area (Å²) in [6.45, 7) is 3.64. The number of rotatable bonds is 4. The molecule has 0 bridgehead atoms. The second-order valence-corrected chi connectivity index (χ2v) is 8.83. The van der Waals surface area contributed by atoms with E-state index >= 15 is 0 Å². The van der Waals surface area contributed by atoms with Gasteiger partial charge >= 0.3 is 0 Å². The van der Waals surface area contributed by atoms with E-state index in [2.05, 4.69) is 5.10 Å². The number of benzene rings is 1. The first kappa shape index (κ1) is 17.2. The smallest absolute Gasteiger partial charge is 0.243 e. The molecule has 0 N–H and O–H groups in total. The SMILES string of the molecule is Cc1ccccc1S(=O)(=O)N1Cc2ccnn2C(CN2CCCC2=O)C1. The van der Waals surface area contributed by atoms with Crippen molar-refractivity contribution in [3.63, 3.8) is 0 Å². The zero-order valence-corrected chi connectivity index (χ0v) is 15.5. The van der Waals surface area contributed by atoms with Crippen LogP contribution in [0.3, 0.4) is 0 Å². The van der Waals surface area contributed by atoms with Gasteiger partial charge in [-0.3, -0.25) is 9.48 Å². The third-order valence-electron chi connectivity index (χ3n) is 5.16. The van der Waals surface area contributed by atoms with Crippen molar-refractivity contribution in [1.29, 1.82) is 0 Å². The van der Waals surface area contributed by atoms with Crippen molar-refractivity contribution >= 4 is 15.9 Å². The zero-order valence-electron chi connectivity index (χ0n) is 14.7. The molecule has 1 saturated heterocycles. The van der Waals surface area contributed by atoms with Gasteiger partial charge in [-0.05, 0) is 31.0 Å². The third-order valence-corrected chi connectivity index (χ3v) is 7.14. The topological polar surface area (TPSA) is 75.5 Å². The lowest BCUT2D eigenvalue weighted by molar-refractivity contribution is -0.128. The Morgan fingerprint density at radius 2 is 2.04 bits per heavy atom. The molecule has 0 saturated carbocycles. The number of carbonyl (C=O) groups is 1. The maximum atomic E-state index is 13.2. The first-order chi connectivity index (χ1) is 12.5. The summed E-state index contributed by atoms with van der Waals surface area (Å²) < 4.78 is 29.8.